The zero-order chi connectivity index (χ0) is 16.6. The van der Waals surface area contributed by atoms with Gasteiger partial charge in [-0.2, -0.15) is 0 Å². The molecule has 1 unspecified atom stereocenters. The molecule has 2 aromatic carbocycles. The standard InChI is InChI=1S/C21H23NO2/c1-23-19-11-9-17(10-12-19)16-22-14-13-20(21-8-5-15-24-21)18-6-3-2-4-7-18/h2-12,15,20,22H,13-14,16H2,1H3. The fourth-order valence-electron chi connectivity index (χ4n) is 2.87. The first-order valence-electron chi connectivity index (χ1n) is 8.29. The van der Waals surface area contributed by atoms with Gasteiger partial charge in [0.05, 0.1) is 13.4 Å². The Bertz CT molecular complexity index is 705. The lowest BCUT2D eigenvalue weighted by molar-refractivity contribution is 0.414. The number of methoxy groups -OCH3 is 1. The fourth-order valence-corrected chi connectivity index (χ4v) is 2.87. The number of rotatable bonds is 8. The molecule has 1 N–H and O–H groups in total. The van der Waals surface area contributed by atoms with E-state index in [1.165, 1.54) is 11.1 Å². The Kier molecular flexibility index (Phi) is 5.70. The second kappa shape index (κ2) is 8.37. The van der Waals surface area contributed by atoms with Crippen molar-refractivity contribution in [2.75, 3.05) is 13.7 Å². The van der Waals surface area contributed by atoms with Crippen molar-refractivity contribution in [3.8, 4) is 5.75 Å². The lowest BCUT2D eigenvalue weighted by Gasteiger charge is -2.15. The van der Waals surface area contributed by atoms with Crippen LogP contribution < -0.4 is 10.1 Å². The quantitative estimate of drug-likeness (QED) is 0.616. The Hall–Kier alpha value is -2.52. The molecule has 0 saturated carbocycles. The normalized spacial score (nSPS) is 12.0. The van der Waals surface area contributed by atoms with Crippen molar-refractivity contribution in [2.45, 2.75) is 18.9 Å². The van der Waals surface area contributed by atoms with Crippen LogP contribution in [-0.4, -0.2) is 13.7 Å². The van der Waals surface area contributed by atoms with Gasteiger partial charge in [0.25, 0.3) is 0 Å². The Labute approximate surface area is 143 Å². The van der Waals surface area contributed by atoms with Crippen LogP contribution in [0.2, 0.25) is 0 Å². The maximum Gasteiger partial charge on any atom is 0.118 e. The molecular weight excluding hydrogens is 298 g/mol. The van der Waals surface area contributed by atoms with E-state index in [9.17, 15) is 0 Å². The highest BCUT2D eigenvalue weighted by atomic mass is 16.5. The van der Waals surface area contributed by atoms with Gasteiger partial charge >= 0.3 is 0 Å². The summed E-state index contributed by atoms with van der Waals surface area (Å²) >= 11 is 0. The van der Waals surface area contributed by atoms with Crippen LogP contribution in [0.15, 0.2) is 77.4 Å². The van der Waals surface area contributed by atoms with E-state index in [4.69, 9.17) is 9.15 Å². The maximum absolute atomic E-state index is 5.65. The molecule has 0 bridgehead atoms. The molecule has 1 atom stereocenters. The van der Waals surface area contributed by atoms with Crippen molar-refractivity contribution in [3.63, 3.8) is 0 Å². The summed E-state index contributed by atoms with van der Waals surface area (Å²) in [6.45, 7) is 1.77. The lowest BCUT2D eigenvalue weighted by atomic mass is 9.93. The van der Waals surface area contributed by atoms with Crippen LogP contribution >= 0.6 is 0 Å². The third-order valence-corrected chi connectivity index (χ3v) is 4.19. The maximum atomic E-state index is 5.65. The predicted octanol–water partition coefficient (Wildman–Crippen LogP) is 4.60. The molecule has 0 radical (unpaired) electrons. The SMILES string of the molecule is COc1ccc(CNCCC(c2ccccc2)c2ccco2)cc1. The molecular formula is C21H23NO2. The number of nitrogens with one attached hydrogen (secondary N) is 1. The number of hydrogen-bond acceptors (Lipinski definition) is 3. The molecule has 0 aliphatic heterocycles. The van der Waals surface area contributed by atoms with Crippen LogP contribution in [0.5, 0.6) is 5.75 Å². The highest BCUT2D eigenvalue weighted by molar-refractivity contribution is 5.28. The molecule has 3 nitrogen and oxygen atoms in total. The largest absolute Gasteiger partial charge is 0.497 e. The van der Waals surface area contributed by atoms with E-state index in [2.05, 4.69) is 47.8 Å². The van der Waals surface area contributed by atoms with E-state index in [1.54, 1.807) is 13.4 Å². The lowest BCUT2D eigenvalue weighted by Crippen LogP contribution is -2.17. The molecule has 3 rings (SSSR count). The van der Waals surface area contributed by atoms with Crippen LogP contribution in [0.25, 0.3) is 0 Å². The minimum Gasteiger partial charge on any atom is -0.497 e. The zero-order valence-corrected chi connectivity index (χ0v) is 13.9. The van der Waals surface area contributed by atoms with Gasteiger partial charge in [0.2, 0.25) is 0 Å². The molecule has 0 aliphatic carbocycles. The predicted molar refractivity (Wildman–Crippen MR) is 96.3 cm³/mol. The molecule has 3 aromatic rings. The second-order valence-corrected chi connectivity index (χ2v) is 5.79. The summed E-state index contributed by atoms with van der Waals surface area (Å²) in [7, 11) is 1.69. The molecule has 0 saturated heterocycles. The van der Waals surface area contributed by atoms with Crippen molar-refractivity contribution in [2.24, 2.45) is 0 Å². The van der Waals surface area contributed by atoms with Gasteiger partial charge in [0.15, 0.2) is 0 Å². The highest BCUT2D eigenvalue weighted by Crippen LogP contribution is 2.27. The van der Waals surface area contributed by atoms with Gasteiger partial charge in [-0.3, -0.25) is 0 Å². The highest BCUT2D eigenvalue weighted by Gasteiger charge is 2.16. The Morgan fingerprint density at radius 1 is 0.958 bits per heavy atom. The minimum absolute atomic E-state index is 0.282. The van der Waals surface area contributed by atoms with E-state index in [-0.39, 0.29) is 5.92 Å². The number of furan rings is 1. The average Bonchev–Trinajstić information content (AvgIpc) is 3.17. The third-order valence-electron chi connectivity index (χ3n) is 4.19. The van der Waals surface area contributed by atoms with Gasteiger partial charge in [0, 0.05) is 12.5 Å². The number of ether oxygens (including phenoxy) is 1. The summed E-state index contributed by atoms with van der Waals surface area (Å²) in [5, 5.41) is 3.52. The molecule has 0 fully saturated rings. The van der Waals surface area contributed by atoms with Crippen molar-refractivity contribution in [1.29, 1.82) is 0 Å². The van der Waals surface area contributed by atoms with Crippen LogP contribution in [0, 0.1) is 0 Å². The monoisotopic (exact) mass is 321 g/mol. The van der Waals surface area contributed by atoms with Gasteiger partial charge < -0.3 is 14.5 Å². The zero-order valence-electron chi connectivity index (χ0n) is 13.9. The summed E-state index contributed by atoms with van der Waals surface area (Å²) in [6, 6.07) is 22.7. The molecule has 0 aliphatic rings. The van der Waals surface area contributed by atoms with E-state index in [1.807, 2.05) is 24.3 Å². The molecule has 0 spiro atoms. The van der Waals surface area contributed by atoms with Gasteiger partial charge in [-0.25, -0.2) is 0 Å². The molecule has 1 heterocycles. The molecule has 1 aromatic heterocycles. The minimum atomic E-state index is 0.282. The smallest absolute Gasteiger partial charge is 0.118 e. The van der Waals surface area contributed by atoms with Gasteiger partial charge in [-0.15, -0.1) is 0 Å². The Morgan fingerprint density at radius 3 is 2.42 bits per heavy atom. The van der Waals surface area contributed by atoms with E-state index in [0.29, 0.717) is 0 Å². The van der Waals surface area contributed by atoms with Crippen molar-refractivity contribution in [1.82, 2.24) is 5.32 Å². The van der Waals surface area contributed by atoms with Crippen molar-refractivity contribution >= 4 is 0 Å². The second-order valence-electron chi connectivity index (χ2n) is 5.79. The summed E-state index contributed by atoms with van der Waals surface area (Å²) in [6.07, 6.45) is 2.74. The van der Waals surface area contributed by atoms with E-state index >= 15 is 0 Å². The fraction of sp³-hybridized carbons (Fsp3) is 0.238. The van der Waals surface area contributed by atoms with Crippen LogP contribution in [0.4, 0.5) is 0 Å². The van der Waals surface area contributed by atoms with Gasteiger partial charge in [-0.1, -0.05) is 42.5 Å². The van der Waals surface area contributed by atoms with Crippen LogP contribution in [0.3, 0.4) is 0 Å². The third kappa shape index (κ3) is 4.27. The molecule has 24 heavy (non-hydrogen) atoms. The molecule has 124 valence electrons. The first kappa shape index (κ1) is 16.3. The van der Waals surface area contributed by atoms with Gasteiger partial charge in [0.1, 0.15) is 11.5 Å². The van der Waals surface area contributed by atoms with Crippen LogP contribution in [-0.2, 0) is 6.54 Å². The summed E-state index contributed by atoms with van der Waals surface area (Å²) < 4.78 is 10.8. The topological polar surface area (TPSA) is 34.4 Å². The number of hydrogen-bond donors (Lipinski definition) is 1. The average molecular weight is 321 g/mol. The first-order chi connectivity index (χ1) is 11.9. The van der Waals surface area contributed by atoms with E-state index in [0.717, 1.165) is 31.0 Å². The first-order valence-corrected chi connectivity index (χ1v) is 8.29. The molecule has 3 heteroatoms. The van der Waals surface area contributed by atoms with Crippen molar-refractivity contribution in [3.05, 3.63) is 89.9 Å². The molecule has 0 amide bonds. The summed E-state index contributed by atoms with van der Waals surface area (Å²) in [5.41, 5.74) is 2.55. The van der Waals surface area contributed by atoms with Gasteiger partial charge in [-0.05, 0) is 48.4 Å². The van der Waals surface area contributed by atoms with Crippen molar-refractivity contribution < 1.29 is 9.15 Å². The Balaban J connectivity index is 1.56. The number of benzene rings is 2. The van der Waals surface area contributed by atoms with Crippen LogP contribution in [0.1, 0.15) is 29.2 Å². The summed E-state index contributed by atoms with van der Waals surface area (Å²) in [5.74, 6) is 2.19. The summed E-state index contributed by atoms with van der Waals surface area (Å²) in [4.78, 5) is 0. The Morgan fingerprint density at radius 2 is 1.75 bits per heavy atom. The van der Waals surface area contributed by atoms with E-state index < -0.39 is 0 Å².